The molecule has 3 aromatic heterocycles. The fourth-order valence-electron chi connectivity index (χ4n) is 3.55. The van der Waals surface area contributed by atoms with Crippen molar-refractivity contribution >= 4 is 16.9 Å². The fraction of sp³-hybridized carbons (Fsp3) is 0.316. The van der Waals surface area contributed by atoms with Crippen LogP contribution in [0.2, 0.25) is 0 Å². The summed E-state index contributed by atoms with van der Waals surface area (Å²) in [6.45, 7) is 6.79. The maximum Gasteiger partial charge on any atom is 0.332 e. The lowest BCUT2D eigenvalue weighted by Crippen LogP contribution is -2.38. The average Bonchev–Trinajstić information content (AvgIpc) is 3.14. The largest absolute Gasteiger partial charge is 0.332 e. The molecule has 0 N–H and O–H groups in total. The van der Waals surface area contributed by atoms with Crippen LogP contribution in [0.4, 0.5) is 0 Å². The zero-order valence-corrected chi connectivity index (χ0v) is 15.4. The molecule has 0 radical (unpaired) electrons. The molecule has 0 atom stereocenters. The number of rotatable bonds is 3. The van der Waals surface area contributed by atoms with Crippen LogP contribution < -0.4 is 11.2 Å². The molecule has 0 saturated heterocycles. The van der Waals surface area contributed by atoms with Gasteiger partial charge in [-0.15, -0.1) is 0 Å². The van der Waals surface area contributed by atoms with E-state index in [0.717, 1.165) is 17.0 Å². The molecule has 7 nitrogen and oxygen atoms in total. The molecule has 3 heterocycles. The van der Waals surface area contributed by atoms with Crippen LogP contribution in [-0.4, -0.2) is 23.1 Å². The first-order chi connectivity index (χ1) is 12.5. The molecular weight excluding hydrogens is 330 g/mol. The van der Waals surface area contributed by atoms with Crippen molar-refractivity contribution in [3.05, 3.63) is 68.1 Å². The quantitative estimate of drug-likeness (QED) is 0.566. The Morgan fingerprint density at radius 1 is 1.00 bits per heavy atom. The zero-order chi connectivity index (χ0) is 18.6. The number of fused-ring (bicyclic) bond motifs is 3. The van der Waals surface area contributed by atoms with Gasteiger partial charge in [0.1, 0.15) is 0 Å². The third kappa shape index (κ3) is 2.09. The van der Waals surface area contributed by atoms with Gasteiger partial charge in [0, 0.05) is 25.0 Å². The van der Waals surface area contributed by atoms with E-state index in [2.05, 4.69) is 21.7 Å². The van der Waals surface area contributed by atoms with Crippen LogP contribution in [0.15, 0.2) is 39.9 Å². The second kappa shape index (κ2) is 5.72. The van der Waals surface area contributed by atoms with E-state index >= 15 is 0 Å². The number of aryl methyl sites for hydroxylation is 2. The van der Waals surface area contributed by atoms with Crippen LogP contribution in [0.5, 0.6) is 0 Å². The summed E-state index contributed by atoms with van der Waals surface area (Å²) in [5, 5.41) is 0. The number of benzene rings is 1. The molecule has 134 valence electrons. The predicted molar refractivity (Wildman–Crippen MR) is 101 cm³/mol. The summed E-state index contributed by atoms with van der Waals surface area (Å²) in [4.78, 5) is 30.0. The number of hydrogen-bond donors (Lipinski definition) is 0. The molecule has 26 heavy (non-hydrogen) atoms. The maximum atomic E-state index is 12.9. The molecule has 0 amide bonds. The minimum atomic E-state index is -0.338. The molecule has 0 saturated carbocycles. The van der Waals surface area contributed by atoms with Gasteiger partial charge in [-0.25, -0.2) is 4.79 Å². The standard InChI is InChI=1S/C19H21N5O2/c1-5-22-17(25)15-16(21(4)19(22)26)20-18-23(12(2)13(3)24(15)18)11-14-9-7-6-8-10-14/h6-10H,5,11H2,1-4H3. The third-order valence-electron chi connectivity index (χ3n) is 5.13. The minimum absolute atomic E-state index is 0.293. The Bertz CT molecular complexity index is 1260. The maximum absolute atomic E-state index is 12.9. The SMILES string of the molecule is CCn1c(=O)c2c(nc3n(Cc4ccccc4)c(C)c(C)n23)n(C)c1=O. The normalized spacial score (nSPS) is 11.7. The summed E-state index contributed by atoms with van der Waals surface area (Å²) in [5.74, 6) is 0.680. The van der Waals surface area contributed by atoms with Crippen molar-refractivity contribution in [1.29, 1.82) is 0 Å². The summed E-state index contributed by atoms with van der Waals surface area (Å²) >= 11 is 0. The van der Waals surface area contributed by atoms with E-state index in [4.69, 9.17) is 0 Å². The van der Waals surface area contributed by atoms with Gasteiger partial charge in [-0.3, -0.25) is 18.3 Å². The molecule has 1 aromatic carbocycles. The minimum Gasteiger partial charge on any atom is -0.309 e. The van der Waals surface area contributed by atoms with Gasteiger partial charge in [-0.05, 0) is 26.3 Å². The summed E-state index contributed by atoms with van der Waals surface area (Å²) < 4.78 is 6.67. The van der Waals surface area contributed by atoms with E-state index in [1.807, 2.05) is 36.4 Å². The Morgan fingerprint density at radius 2 is 1.69 bits per heavy atom. The fourth-order valence-corrected chi connectivity index (χ4v) is 3.55. The highest BCUT2D eigenvalue weighted by molar-refractivity contribution is 5.76. The van der Waals surface area contributed by atoms with Crippen molar-refractivity contribution in [2.75, 3.05) is 0 Å². The molecule has 0 aliphatic carbocycles. The lowest BCUT2D eigenvalue weighted by molar-refractivity contribution is 0.636. The van der Waals surface area contributed by atoms with Crippen molar-refractivity contribution < 1.29 is 0 Å². The molecule has 4 rings (SSSR count). The van der Waals surface area contributed by atoms with Gasteiger partial charge in [0.05, 0.1) is 6.54 Å². The third-order valence-corrected chi connectivity index (χ3v) is 5.13. The number of imidazole rings is 2. The highest BCUT2D eigenvalue weighted by Gasteiger charge is 2.22. The molecule has 0 fully saturated rings. The van der Waals surface area contributed by atoms with Crippen molar-refractivity contribution in [2.24, 2.45) is 7.05 Å². The van der Waals surface area contributed by atoms with Crippen molar-refractivity contribution in [2.45, 2.75) is 33.9 Å². The molecule has 7 heteroatoms. The first-order valence-corrected chi connectivity index (χ1v) is 8.67. The average molecular weight is 351 g/mol. The lowest BCUT2D eigenvalue weighted by atomic mass is 10.2. The Labute approximate surface area is 149 Å². The Kier molecular flexibility index (Phi) is 3.61. The van der Waals surface area contributed by atoms with Gasteiger partial charge >= 0.3 is 5.69 Å². The first kappa shape index (κ1) is 16.4. The van der Waals surface area contributed by atoms with Gasteiger partial charge in [-0.2, -0.15) is 4.98 Å². The smallest absolute Gasteiger partial charge is 0.309 e. The van der Waals surface area contributed by atoms with Gasteiger partial charge in [0.2, 0.25) is 5.78 Å². The number of aromatic nitrogens is 5. The Balaban J connectivity index is 2.11. The molecule has 0 bridgehead atoms. The van der Waals surface area contributed by atoms with Crippen LogP contribution in [0.3, 0.4) is 0 Å². The number of nitrogens with zero attached hydrogens (tertiary/aromatic N) is 5. The van der Waals surface area contributed by atoms with Crippen LogP contribution in [0.1, 0.15) is 23.9 Å². The van der Waals surface area contributed by atoms with E-state index in [1.165, 1.54) is 9.13 Å². The van der Waals surface area contributed by atoms with Crippen molar-refractivity contribution in [1.82, 2.24) is 23.1 Å². The molecule has 0 spiro atoms. The van der Waals surface area contributed by atoms with E-state index < -0.39 is 0 Å². The monoisotopic (exact) mass is 351 g/mol. The van der Waals surface area contributed by atoms with Crippen molar-refractivity contribution in [3.63, 3.8) is 0 Å². The highest BCUT2D eigenvalue weighted by atomic mass is 16.2. The zero-order valence-electron chi connectivity index (χ0n) is 15.4. The van der Waals surface area contributed by atoms with Crippen LogP contribution in [-0.2, 0) is 20.1 Å². The van der Waals surface area contributed by atoms with E-state index in [9.17, 15) is 9.59 Å². The van der Waals surface area contributed by atoms with Crippen molar-refractivity contribution in [3.8, 4) is 0 Å². The Hall–Kier alpha value is -3.09. The summed E-state index contributed by atoms with van der Waals surface area (Å²) in [6, 6.07) is 10.1. The molecule has 0 unspecified atom stereocenters. The van der Waals surface area contributed by atoms with E-state index in [0.29, 0.717) is 30.0 Å². The Morgan fingerprint density at radius 3 is 2.35 bits per heavy atom. The summed E-state index contributed by atoms with van der Waals surface area (Å²) in [5.41, 5.74) is 3.40. The molecule has 4 aromatic rings. The number of hydrogen-bond acceptors (Lipinski definition) is 3. The van der Waals surface area contributed by atoms with Gasteiger partial charge in [0.25, 0.3) is 5.56 Å². The van der Waals surface area contributed by atoms with Gasteiger partial charge < -0.3 is 4.57 Å². The second-order valence-electron chi connectivity index (χ2n) is 6.55. The lowest BCUT2D eigenvalue weighted by Gasteiger charge is -2.07. The molecular formula is C19H21N5O2. The van der Waals surface area contributed by atoms with Gasteiger partial charge in [0.15, 0.2) is 11.2 Å². The van der Waals surface area contributed by atoms with Crippen LogP contribution >= 0.6 is 0 Å². The molecule has 0 aliphatic rings. The van der Waals surface area contributed by atoms with E-state index in [-0.39, 0.29) is 11.2 Å². The second-order valence-corrected chi connectivity index (χ2v) is 6.55. The topological polar surface area (TPSA) is 66.2 Å². The first-order valence-electron chi connectivity index (χ1n) is 8.67. The molecule has 0 aliphatic heterocycles. The summed E-state index contributed by atoms with van der Waals surface area (Å²) in [7, 11) is 1.66. The van der Waals surface area contributed by atoms with Crippen LogP contribution in [0, 0.1) is 13.8 Å². The highest BCUT2D eigenvalue weighted by Crippen LogP contribution is 2.21. The van der Waals surface area contributed by atoms with Gasteiger partial charge in [-0.1, -0.05) is 30.3 Å². The van der Waals surface area contributed by atoms with Crippen LogP contribution in [0.25, 0.3) is 16.9 Å². The predicted octanol–water partition coefficient (Wildman–Crippen LogP) is 1.83. The summed E-state index contributed by atoms with van der Waals surface area (Å²) in [6.07, 6.45) is 0. The van der Waals surface area contributed by atoms with E-state index in [1.54, 1.807) is 14.0 Å².